The van der Waals surface area contributed by atoms with Crippen molar-refractivity contribution in [1.29, 1.82) is 0 Å². The quantitative estimate of drug-likeness (QED) is 0.274. The smallest absolute Gasteiger partial charge is 0.238 e. The Hall–Kier alpha value is -1.18. The van der Waals surface area contributed by atoms with Crippen molar-refractivity contribution in [1.82, 2.24) is 5.32 Å². The predicted octanol–water partition coefficient (Wildman–Crippen LogP) is -3.02. The number of hydrogen-bond donors (Lipinski definition) is 5. The molecule has 0 aromatic carbocycles. The maximum absolute atomic E-state index is 11.1. The summed E-state index contributed by atoms with van der Waals surface area (Å²) in [4.78, 5) is 21.8. The third-order valence-corrected chi connectivity index (χ3v) is 2.05. The van der Waals surface area contributed by atoms with Crippen molar-refractivity contribution in [3.05, 3.63) is 0 Å². The average Bonchev–Trinajstić information content (AvgIpc) is 2.11. The standard InChI is InChI=1S/C8H19N5O2/c9-2-4-13-3-1-8(12,7(11)15)5-6(10)14/h13H,1-5,9,12H2,(H2,10,14)(H2,11,15). The maximum atomic E-state index is 11.1. The predicted molar refractivity (Wildman–Crippen MR) is 56.5 cm³/mol. The van der Waals surface area contributed by atoms with Crippen LogP contribution in [0.15, 0.2) is 0 Å². The van der Waals surface area contributed by atoms with Crippen molar-refractivity contribution in [2.45, 2.75) is 18.4 Å². The lowest BCUT2D eigenvalue weighted by Crippen LogP contribution is -2.55. The van der Waals surface area contributed by atoms with Crippen LogP contribution in [-0.4, -0.2) is 37.0 Å². The van der Waals surface area contributed by atoms with Gasteiger partial charge in [0.2, 0.25) is 11.8 Å². The van der Waals surface area contributed by atoms with Crippen LogP contribution in [0.2, 0.25) is 0 Å². The van der Waals surface area contributed by atoms with Crippen LogP contribution in [0.3, 0.4) is 0 Å². The second-order valence-corrected chi connectivity index (χ2v) is 3.45. The minimum Gasteiger partial charge on any atom is -0.370 e. The Bertz CT molecular complexity index is 233. The van der Waals surface area contributed by atoms with E-state index < -0.39 is 17.4 Å². The molecule has 0 heterocycles. The van der Waals surface area contributed by atoms with Gasteiger partial charge in [0.05, 0.1) is 6.42 Å². The van der Waals surface area contributed by atoms with Crippen LogP contribution in [0.1, 0.15) is 12.8 Å². The number of rotatable bonds is 8. The molecule has 88 valence electrons. The molecule has 0 radical (unpaired) electrons. The molecule has 0 bridgehead atoms. The zero-order chi connectivity index (χ0) is 11.9. The number of carbonyl (C=O) groups excluding carboxylic acids is 2. The fourth-order valence-electron chi connectivity index (χ4n) is 1.15. The summed E-state index contributed by atoms with van der Waals surface area (Å²) in [5, 5.41) is 2.95. The summed E-state index contributed by atoms with van der Waals surface area (Å²) in [6.07, 6.45) is 0.0118. The van der Waals surface area contributed by atoms with E-state index in [0.29, 0.717) is 19.6 Å². The fourth-order valence-corrected chi connectivity index (χ4v) is 1.15. The van der Waals surface area contributed by atoms with Crippen molar-refractivity contribution in [3.8, 4) is 0 Å². The van der Waals surface area contributed by atoms with E-state index >= 15 is 0 Å². The molecule has 0 fully saturated rings. The van der Waals surface area contributed by atoms with Gasteiger partial charge < -0.3 is 28.3 Å². The normalized spacial score (nSPS) is 14.5. The molecule has 0 aromatic heterocycles. The van der Waals surface area contributed by atoms with Crippen molar-refractivity contribution in [2.75, 3.05) is 19.6 Å². The molecule has 9 N–H and O–H groups in total. The molecule has 0 aliphatic heterocycles. The van der Waals surface area contributed by atoms with Crippen LogP contribution in [-0.2, 0) is 9.59 Å². The Balaban J connectivity index is 4.14. The lowest BCUT2D eigenvalue weighted by atomic mass is 9.91. The first-order valence-electron chi connectivity index (χ1n) is 4.70. The van der Waals surface area contributed by atoms with E-state index in [-0.39, 0.29) is 12.8 Å². The fraction of sp³-hybridized carbons (Fsp3) is 0.750. The molecule has 2 amide bonds. The summed E-state index contributed by atoms with van der Waals surface area (Å²) in [7, 11) is 0. The van der Waals surface area contributed by atoms with Gasteiger partial charge in [-0.05, 0) is 13.0 Å². The summed E-state index contributed by atoms with van der Waals surface area (Å²) in [5.41, 5.74) is 19.7. The molecule has 7 nitrogen and oxygen atoms in total. The minimum atomic E-state index is -1.37. The first-order chi connectivity index (χ1) is 6.92. The zero-order valence-corrected chi connectivity index (χ0v) is 8.66. The van der Waals surface area contributed by atoms with Gasteiger partial charge in [-0.1, -0.05) is 0 Å². The first kappa shape index (κ1) is 13.8. The Morgan fingerprint density at radius 2 is 1.80 bits per heavy atom. The van der Waals surface area contributed by atoms with Gasteiger partial charge >= 0.3 is 0 Å². The van der Waals surface area contributed by atoms with Crippen LogP contribution in [0.4, 0.5) is 0 Å². The van der Waals surface area contributed by atoms with Gasteiger partial charge in [0.15, 0.2) is 0 Å². The second-order valence-electron chi connectivity index (χ2n) is 3.45. The Kier molecular flexibility index (Phi) is 5.83. The molecule has 1 unspecified atom stereocenters. The molecule has 0 spiro atoms. The molecule has 1 atom stereocenters. The van der Waals surface area contributed by atoms with E-state index in [4.69, 9.17) is 22.9 Å². The van der Waals surface area contributed by atoms with Gasteiger partial charge in [0, 0.05) is 13.1 Å². The Morgan fingerprint density at radius 3 is 2.20 bits per heavy atom. The molecule has 0 saturated carbocycles. The first-order valence-corrected chi connectivity index (χ1v) is 4.70. The van der Waals surface area contributed by atoms with Crippen LogP contribution in [0, 0.1) is 0 Å². The number of hydrogen-bond acceptors (Lipinski definition) is 5. The number of carbonyl (C=O) groups is 2. The summed E-state index contributed by atoms with van der Waals surface area (Å²) < 4.78 is 0. The molecular weight excluding hydrogens is 198 g/mol. The van der Waals surface area contributed by atoms with E-state index in [1.165, 1.54) is 0 Å². The molecule has 0 rings (SSSR count). The van der Waals surface area contributed by atoms with E-state index in [0.717, 1.165) is 0 Å². The molecule has 7 heteroatoms. The number of nitrogens with one attached hydrogen (secondary N) is 1. The van der Waals surface area contributed by atoms with Gasteiger partial charge in [-0.25, -0.2) is 0 Å². The highest BCUT2D eigenvalue weighted by molar-refractivity contribution is 5.90. The molecule has 15 heavy (non-hydrogen) atoms. The van der Waals surface area contributed by atoms with Crippen LogP contribution in [0.5, 0.6) is 0 Å². The second kappa shape index (κ2) is 6.33. The molecule has 0 aromatic rings. The summed E-state index contributed by atoms with van der Waals surface area (Å²) in [6.45, 7) is 1.57. The maximum Gasteiger partial charge on any atom is 0.238 e. The Morgan fingerprint density at radius 1 is 1.20 bits per heavy atom. The van der Waals surface area contributed by atoms with E-state index in [1.807, 2.05) is 0 Å². The number of amides is 2. The van der Waals surface area contributed by atoms with Crippen molar-refractivity contribution in [2.24, 2.45) is 22.9 Å². The molecule has 0 saturated heterocycles. The number of primary amides is 2. The lowest BCUT2D eigenvalue weighted by Gasteiger charge is -2.24. The highest BCUT2D eigenvalue weighted by Gasteiger charge is 2.33. The summed E-state index contributed by atoms with van der Waals surface area (Å²) in [6, 6.07) is 0. The van der Waals surface area contributed by atoms with Crippen molar-refractivity contribution >= 4 is 11.8 Å². The number of nitrogens with two attached hydrogens (primary N) is 4. The third-order valence-electron chi connectivity index (χ3n) is 2.05. The third kappa shape index (κ3) is 5.31. The largest absolute Gasteiger partial charge is 0.370 e. The molecule has 0 aliphatic carbocycles. The van der Waals surface area contributed by atoms with Gasteiger partial charge in [-0.15, -0.1) is 0 Å². The van der Waals surface area contributed by atoms with Gasteiger partial charge in [-0.2, -0.15) is 0 Å². The Labute approximate surface area is 88.5 Å². The monoisotopic (exact) mass is 217 g/mol. The van der Waals surface area contributed by atoms with Crippen molar-refractivity contribution < 1.29 is 9.59 Å². The zero-order valence-electron chi connectivity index (χ0n) is 8.66. The van der Waals surface area contributed by atoms with E-state index in [9.17, 15) is 9.59 Å². The van der Waals surface area contributed by atoms with Crippen LogP contribution >= 0.6 is 0 Å². The van der Waals surface area contributed by atoms with Crippen LogP contribution in [0.25, 0.3) is 0 Å². The highest BCUT2D eigenvalue weighted by atomic mass is 16.2. The average molecular weight is 217 g/mol. The highest BCUT2D eigenvalue weighted by Crippen LogP contribution is 2.10. The minimum absolute atomic E-state index is 0.243. The summed E-state index contributed by atoms with van der Waals surface area (Å²) >= 11 is 0. The van der Waals surface area contributed by atoms with Crippen LogP contribution < -0.4 is 28.3 Å². The van der Waals surface area contributed by atoms with E-state index in [2.05, 4.69) is 5.32 Å². The molecule has 0 aliphatic rings. The molecular formula is C8H19N5O2. The SMILES string of the molecule is NCCNCCC(N)(CC(N)=O)C(N)=O. The van der Waals surface area contributed by atoms with E-state index in [1.54, 1.807) is 0 Å². The topological polar surface area (TPSA) is 150 Å². The van der Waals surface area contributed by atoms with Gasteiger partial charge in [0.25, 0.3) is 0 Å². The van der Waals surface area contributed by atoms with Gasteiger partial charge in [0.1, 0.15) is 5.54 Å². The van der Waals surface area contributed by atoms with Crippen molar-refractivity contribution in [3.63, 3.8) is 0 Å². The van der Waals surface area contributed by atoms with Gasteiger partial charge in [-0.3, -0.25) is 9.59 Å². The summed E-state index contributed by atoms with van der Waals surface area (Å²) in [5.74, 6) is -1.37. The lowest BCUT2D eigenvalue weighted by molar-refractivity contribution is -0.128.